The average Bonchev–Trinajstić information content (AvgIpc) is 2.08. The molecule has 1 unspecified atom stereocenters. The molecule has 0 spiro atoms. The number of nitrogens with one attached hydrogen (secondary N) is 1. The number of nitrogens with two attached hydrogens (primary N) is 1. The van der Waals surface area contributed by atoms with Gasteiger partial charge >= 0.3 is 0 Å². The number of aliphatic hydroxyl groups is 1. The lowest BCUT2D eigenvalue weighted by molar-refractivity contribution is 0.267. The smallest absolute Gasteiger partial charge is 0.200 e. The van der Waals surface area contributed by atoms with Crippen LogP contribution in [0.25, 0.3) is 0 Å². The summed E-state index contributed by atoms with van der Waals surface area (Å²) in [4.78, 5) is 14.1. The maximum Gasteiger partial charge on any atom is 0.200 e. The first-order valence-corrected chi connectivity index (χ1v) is 4.19. The second-order valence-corrected chi connectivity index (χ2v) is 3.23. The number of aromatic amines is 1. The fourth-order valence-electron chi connectivity index (χ4n) is 0.847. The van der Waals surface area contributed by atoms with Crippen molar-refractivity contribution in [2.45, 2.75) is 6.04 Å². The van der Waals surface area contributed by atoms with Crippen LogP contribution in [0, 0.1) is 0 Å². The molecule has 1 aromatic heterocycles. The van der Waals surface area contributed by atoms with Crippen molar-refractivity contribution in [3.8, 4) is 0 Å². The first-order valence-electron chi connectivity index (χ1n) is 3.39. The van der Waals surface area contributed by atoms with Crippen LogP contribution in [0.5, 0.6) is 0 Å². The fourth-order valence-corrected chi connectivity index (χ4v) is 1.21. The zero-order valence-corrected chi connectivity index (χ0v) is 7.84. The lowest BCUT2D eigenvalue weighted by Crippen LogP contribution is -2.23. The Morgan fingerprint density at radius 3 is 2.92 bits per heavy atom. The van der Waals surface area contributed by atoms with Crippen molar-refractivity contribution in [2.75, 3.05) is 6.61 Å². The summed E-state index contributed by atoms with van der Waals surface area (Å²) in [5, 5.41) is 8.71. The molecule has 0 amide bonds. The van der Waals surface area contributed by atoms with E-state index in [0.717, 1.165) is 0 Å². The van der Waals surface area contributed by atoms with Crippen LogP contribution in [0.1, 0.15) is 11.6 Å². The molecule has 0 saturated heterocycles. The van der Waals surface area contributed by atoms with Crippen molar-refractivity contribution < 1.29 is 5.11 Å². The number of pyridine rings is 1. The number of aromatic nitrogens is 1. The van der Waals surface area contributed by atoms with Crippen LogP contribution in [0.3, 0.4) is 0 Å². The zero-order chi connectivity index (χ0) is 9.14. The predicted molar refractivity (Wildman–Crippen MR) is 48.8 cm³/mol. The van der Waals surface area contributed by atoms with Gasteiger partial charge in [0.2, 0.25) is 5.43 Å². The third-order valence-electron chi connectivity index (χ3n) is 1.52. The number of halogens is 1. The minimum Gasteiger partial charge on any atom is -0.394 e. The Hall–Kier alpha value is -0.650. The molecule has 5 heteroatoms. The molecule has 0 fully saturated rings. The second-order valence-electron chi connectivity index (χ2n) is 2.38. The van der Waals surface area contributed by atoms with Gasteiger partial charge in [-0.3, -0.25) is 4.79 Å². The topological polar surface area (TPSA) is 79.1 Å². The standard InChI is InChI=1S/C7H9BrN2O2/c8-5-2-10-1-4(7(5)12)6(9)3-11/h1-2,6,11H,3,9H2,(H,10,12). The third-order valence-corrected chi connectivity index (χ3v) is 2.11. The first-order chi connectivity index (χ1) is 5.66. The van der Waals surface area contributed by atoms with Crippen molar-refractivity contribution >= 4 is 15.9 Å². The Bertz CT molecular complexity index is 323. The van der Waals surface area contributed by atoms with Gasteiger partial charge in [-0.1, -0.05) is 0 Å². The van der Waals surface area contributed by atoms with Crippen LogP contribution >= 0.6 is 15.9 Å². The van der Waals surface area contributed by atoms with Crippen LogP contribution in [0.4, 0.5) is 0 Å². The van der Waals surface area contributed by atoms with Crippen LogP contribution in [0.2, 0.25) is 0 Å². The monoisotopic (exact) mass is 232 g/mol. The molecular weight excluding hydrogens is 224 g/mol. The first kappa shape index (κ1) is 9.44. The molecule has 4 nitrogen and oxygen atoms in total. The molecule has 0 aliphatic heterocycles. The van der Waals surface area contributed by atoms with Gasteiger partial charge < -0.3 is 15.8 Å². The molecule has 1 aromatic rings. The number of rotatable bonds is 2. The molecule has 4 N–H and O–H groups in total. The average molecular weight is 233 g/mol. The molecule has 0 aliphatic rings. The highest BCUT2D eigenvalue weighted by molar-refractivity contribution is 9.10. The summed E-state index contributed by atoms with van der Waals surface area (Å²) in [5.41, 5.74) is 5.67. The van der Waals surface area contributed by atoms with E-state index in [1.165, 1.54) is 12.4 Å². The largest absolute Gasteiger partial charge is 0.394 e. The van der Waals surface area contributed by atoms with E-state index in [9.17, 15) is 4.79 Å². The minimum atomic E-state index is -0.619. The number of H-pyrrole nitrogens is 1. The summed E-state index contributed by atoms with van der Waals surface area (Å²) < 4.78 is 0.420. The van der Waals surface area contributed by atoms with Crippen LogP contribution in [-0.2, 0) is 0 Å². The predicted octanol–water partition coefficient (Wildman–Crippen LogP) is 0.129. The SMILES string of the molecule is NC(CO)c1c[nH]cc(Br)c1=O. The fraction of sp³-hybridized carbons (Fsp3) is 0.286. The Kier molecular flexibility index (Phi) is 3.02. The lowest BCUT2D eigenvalue weighted by Gasteiger charge is -2.06. The van der Waals surface area contributed by atoms with Crippen molar-refractivity contribution in [3.05, 3.63) is 32.7 Å². The van der Waals surface area contributed by atoms with E-state index in [1.807, 2.05) is 0 Å². The van der Waals surface area contributed by atoms with Crippen molar-refractivity contribution in [1.29, 1.82) is 0 Å². The zero-order valence-electron chi connectivity index (χ0n) is 6.25. The van der Waals surface area contributed by atoms with Gasteiger partial charge in [0.05, 0.1) is 17.1 Å². The number of hydrogen-bond donors (Lipinski definition) is 3. The molecule has 1 atom stereocenters. The highest BCUT2D eigenvalue weighted by Crippen LogP contribution is 2.06. The number of hydrogen-bond acceptors (Lipinski definition) is 3. The van der Waals surface area contributed by atoms with Crippen LogP contribution < -0.4 is 11.2 Å². The Morgan fingerprint density at radius 1 is 1.67 bits per heavy atom. The third kappa shape index (κ3) is 1.74. The summed E-state index contributed by atoms with van der Waals surface area (Å²) in [6.45, 7) is -0.237. The molecule has 0 radical (unpaired) electrons. The van der Waals surface area contributed by atoms with Crippen molar-refractivity contribution in [2.24, 2.45) is 5.73 Å². The van der Waals surface area contributed by atoms with Gasteiger partial charge in [0.1, 0.15) is 0 Å². The maximum absolute atomic E-state index is 11.3. The number of aliphatic hydroxyl groups excluding tert-OH is 1. The molecule has 66 valence electrons. The van der Waals surface area contributed by atoms with Gasteiger partial charge in [-0.2, -0.15) is 0 Å². The summed E-state index contributed by atoms with van der Waals surface area (Å²) in [6, 6.07) is -0.619. The van der Waals surface area contributed by atoms with Gasteiger partial charge in [0.25, 0.3) is 0 Å². The normalized spacial score (nSPS) is 12.9. The molecule has 1 rings (SSSR count). The molecule has 1 heterocycles. The summed E-state index contributed by atoms with van der Waals surface area (Å²) in [7, 11) is 0. The molecule has 0 aliphatic carbocycles. The molecule has 0 saturated carbocycles. The summed E-state index contributed by atoms with van der Waals surface area (Å²) in [6.07, 6.45) is 3.02. The molecular formula is C7H9BrN2O2. The minimum absolute atomic E-state index is 0.185. The Labute approximate surface area is 77.5 Å². The van der Waals surface area contributed by atoms with Gasteiger partial charge in [0.15, 0.2) is 0 Å². The second kappa shape index (κ2) is 3.84. The quantitative estimate of drug-likeness (QED) is 0.679. The van der Waals surface area contributed by atoms with Crippen molar-refractivity contribution in [1.82, 2.24) is 4.98 Å². The summed E-state index contributed by atoms with van der Waals surface area (Å²) >= 11 is 3.06. The van der Waals surface area contributed by atoms with E-state index in [4.69, 9.17) is 10.8 Å². The van der Waals surface area contributed by atoms with E-state index >= 15 is 0 Å². The van der Waals surface area contributed by atoms with E-state index in [1.54, 1.807) is 0 Å². The summed E-state index contributed by atoms with van der Waals surface area (Å²) in [5.74, 6) is 0. The van der Waals surface area contributed by atoms with Crippen LogP contribution in [-0.4, -0.2) is 16.7 Å². The van der Waals surface area contributed by atoms with Gasteiger partial charge in [-0.25, -0.2) is 0 Å². The Balaban J connectivity index is 3.17. The highest BCUT2D eigenvalue weighted by atomic mass is 79.9. The molecule has 0 aromatic carbocycles. The van der Waals surface area contributed by atoms with E-state index in [2.05, 4.69) is 20.9 Å². The van der Waals surface area contributed by atoms with E-state index in [-0.39, 0.29) is 12.0 Å². The highest BCUT2D eigenvalue weighted by Gasteiger charge is 2.09. The van der Waals surface area contributed by atoms with Gasteiger partial charge in [-0.05, 0) is 15.9 Å². The molecule has 12 heavy (non-hydrogen) atoms. The lowest BCUT2D eigenvalue weighted by atomic mass is 10.1. The molecule has 0 bridgehead atoms. The Morgan fingerprint density at radius 2 is 2.33 bits per heavy atom. The van der Waals surface area contributed by atoms with E-state index in [0.29, 0.717) is 10.0 Å². The van der Waals surface area contributed by atoms with Crippen molar-refractivity contribution in [3.63, 3.8) is 0 Å². The van der Waals surface area contributed by atoms with E-state index < -0.39 is 6.04 Å². The van der Waals surface area contributed by atoms with Gasteiger partial charge in [-0.15, -0.1) is 0 Å². The van der Waals surface area contributed by atoms with Gasteiger partial charge in [0, 0.05) is 18.0 Å². The maximum atomic E-state index is 11.3. The van der Waals surface area contributed by atoms with Crippen LogP contribution in [0.15, 0.2) is 21.7 Å².